The Labute approximate surface area is 135 Å². The van der Waals surface area contributed by atoms with E-state index in [0.29, 0.717) is 5.56 Å². The van der Waals surface area contributed by atoms with E-state index in [-0.39, 0.29) is 33.8 Å². The summed E-state index contributed by atoms with van der Waals surface area (Å²) in [6.07, 6.45) is 1.22. The molecule has 1 heterocycles. The average Bonchev–Trinajstić information content (AvgIpc) is 2.46. The molecule has 0 radical (unpaired) electrons. The van der Waals surface area contributed by atoms with Crippen molar-refractivity contribution in [1.82, 2.24) is 0 Å². The van der Waals surface area contributed by atoms with Crippen LogP contribution in [-0.4, -0.2) is 21.8 Å². The summed E-state index contributed by atoms with van der Waals surface area (Å²) in [6.45, 7) is 1.07. The molecule has 7 nitrogen and oxygen atoms in total. The number of rotatable bonds is 3. The Hall–Kier alpha value is -2.76. The van der Waals surface area contributed by atoms with Gasteiger partial charge in [-0.1, -0.05) is 12.1 Å². The molecule has 8 heteroatoms. The normalized spacial score (nSPS) is 13.6. The molecule has 3 aromatic rings. The zero-order chi connectivity index (χ0) is 17.5. The second-order valence-electron chi connectivity index (χ2n) is 5.24. The molecule has 1 aromatic heterocycles. The molecule has 0 saturated carbocycles. The number of hydrogen-bond donors (Lipinski definition) is 3. The molecular formula is C16H13O7P. The Morgan fingerprint density at radius 2 is 1.79 bits per heavy atom. The van der Waals surface area contributed by atoms with E-state index >= 15 is 0 Å². The zero-order valence-corrected chi connectivity index (χ0v) is 13.4. The van der Waals surface area contributed by atoms with Gasteiger partial charge in [-0.3, -0.25) is 4.79 Å². The maximum absolute atomic E-state index is 12.6. The molecule has 0 fully saturated rings. The third kappa shape index (κ3) is 3.13. The van der Waals surface area contributed by atoms with E-state index in [1.165, 1.54) is 36.6 Å². The van der Waals surface area contributed by atoms with Crippen LogP contribution in [0.4, 0.5) is 0 Å². The molecule has 0 aliphatic heterocycles. The number of phenolic OH excluding ortho intramolecular Hbond substituents is 2. The zero-order valence-electron chi connectivity index (χ0n) is 12.5. The minimum Gasteiger partial charge on any atom is -0.508 e. The molecule has 2 aromatic carbocycles. The fraction of sp³-hybridized carbons (Fsp3) is 0.0625. The summed E-state index contributed by atoms with van der Waals surface area (Å²) < 4.78 is 21.4. The SMILES string of the molecule is CP(=O)(O)Oc1ccc(-c2coc3cc(O)cc(O)c3c2=O)cc1. The minimum atomic E-state index is -3.67. The fourth-order valence-electron chi connectivity index (χ4n) is 2.31. The van der Waals surface area contributed by atoms with Crippen molar-refractivity contribution >= 4 is 18.6 Å². The van der Waals surface area contributed by atoms with Crippen molar-refractivity contribution in [2.45, 2.75) is 0 Å². The van der Waals surface area contributed by atoms with Gasteiger partial charge in [-0.2, -0.15) is 0 Å². The first-order chi connectivity index (χ1) is 11.2. The highest BCUT2D eigenvalue weighted by Gasteiger charge is 2.15. The maximum atomic E-state index is 12.6. The van der Waals surface area contributed by atoms with Crippen molar-refractivity contribution < 1.29 is 28.6 Å². The van der Waals surface area contributed by atoms with Crippen molar-refractivity contribution in [2.24, 2.45) is 0 Å². The molecule has 3 rings (SSSR count). The van der Waals surface area contributed by atoms with Gasteiger partial charge in [-0.25, -0.2) is 4.57 Å². The van der Waals surface area contributed by atoms with Crippen LogP contribution in [0, 0.1) is 0 Å². The molecule has 124 valence electrons. The number of hydrogen-bond acceptors (Lipinski definition) is 6. The van der Waals surface area contributed by atoms with Gasteiger partial charge in [-0.15, -0.1) is 0 Å². The summed E-state index contributed by atoms with van der Waals surface area (Å²) in [6, 6.07) is 8.24. The molecule has 24 heavy (non-hydrogen) atoms. The first-order valence-corrected chi connectivity index (χ1v) is 8.85. The Morgan fingerprint density at radius 3 is 2.42 bits per heavy atom. The van der Waals surface area contributed by atoms with Crippen molar-refractivity contribution in [1.29, 1.82) is 0 Å². The predicted octanol–water partition coefficient (Wildman–Crippen LogP) is 3.07. The molecule has 3 N–H and O–H groups in total. The number of benzene rings is 2. The van der Waals surface area contributed by atoms with E-state index in [4.69, 9.17) is 8.94 Å². The van der Waals surface area contributed by atoms with Gasteiger partial charge in [0, 0.05) is 18.8 Å². The lowest BCUT2D eigenvalue weighted by molar-refractivity contribution is 0.387. The van der Waals surface area contributed by atoms with Crippen molar-refractivity contribution in [2.75, 3.05) is 6.66 Å². The highest BCUT2D eigenvalue weighted by molar-refractivity contribution is 7.52. The third-order valence-corrected chi connectivity index (χ3v) is 3.83. The smallest absolute Gasteiger partial charge is 0.373 e. The van der Waals surface area contributed by atoms with Crippen LogP contribution in [0.25, 0.3) is 22.1 Å². The number of aromatic hydroxyl groups is 2. The highest BCUT2D eigenvalue weighted by atomic mass is 31.2. The van der Waals surface area contributed by atoms with Crippen molar-refractivity contribution in [3.8, 4) is 28.4 Å². The number of fused-ring (bicyclic) bond motifs is 1. The summed E-state index contributed by atoms with van der Waals surface area (Å²) in [5.41, 5.74) is 0.271. The Bertz CT molecular complexity index is 1020. The Kier molecular flexibility index (Phi) is 3.83. The van der Waals surface area contributed by atoms with Gasteiger partial charge in [0.1, 0.15) is 34.5 Å². The second-order valence-corrected chi connectivity index (χ2v) is 7.02. The summed E-state index contributed by atoms with van der Waals surface area (Å²) in [7, 11) is -3.67. The lowest BCUT2D eigenvalue weighted by Gasteiger charge is -2.09. The van der Waals surface area contributed by atoms with Crippen molar-refractivity contribution in [3.05, 3.63) is 52.9 Å². The summed E-state index contributed by atoms with van der Waals surface area (Å²) in [5.74, 6) is -0.414. The molecule has 1 unspecified atom stereocenters. The van der Waals surface area contributed by atoms with Gasteiger partial charge in [-0.05, 0) is 17.7 Å². The van der Waals surface area contributed by atoms with Crippen LogP contribution in [0.5, 0.6) is 17.2 Å². The van der Waals surface area contributed by atoms with Gasteiger partial charge in [0.2, 0.25) is 5.43 Å². The fourth-order valence-corrected chi connectivity index (χ4v) is 2.82. The van der Waals surface area contributed by atoms with Gasteiger partial charge in [0.05, 0.1) is 5.56 Å². The van der Waals surface area contributed by atoms with E-state index in [0.717, 1.165) is 12.7 Å². The van der Waals surface area contributed by atoms with Gasteiger partial charge in [0.15, 0.2) is 0 Å². The molecular weight excluding hydrogens is 335 g/mol. The highest BCUT2D eigenvalue weighted by Crippen LogP contribution is 2.38. The lowest BCUT2D eigenvalue weighted by atomic mass is 10.0. The van der Waals surface area contributed by atoms with E-state index in [2.05, 4.69) is 0 Å². The van der Waals surface area contributed by atoms with Crippen LogP contribution >= 0.6 is 7.60 Å². The van der Waals surface area contributed by atoms with Crippen LogP contribution in [0.3, 0.4) is 0 Å². The molecule has 0 spiro atoms. The summed E-state index contributed by atoms with van der Waals surface area (Å²) >= 11 is 0. The van der Waals surface area contributed by atoms with E-state index in [9.17, 15) is 24.5 Å². The molecule has 1 atom stereocenters. The monoisotopic (exact) mass is 348 g/mol. The molecule has 0 bridgehead atoms. The van der Waals surface area contributed by atoms with Gasteiger partial charge in [0.25, 0.3) is 0 Å². The van der Waals surface area contributed by atoms with Crippen LogP contribution in [0.1, 0.15) is 0 Å². The Balaban J connectivity index is 2.08. The second kappa shape index (κ2) is 5.70. The first kappa shape index (κ1) is 16.1. The predicted molar refractivity (Wildman–Crippen MR) is 87.6 cm³/mol. The van der Waals surface area contributed by atoms with Crippen molar-refractivity contribution in [3.63, 3.8) is 0 Å². The van der Waals surface area contributed by atoms with E-state index < -0.39 is 13.0 Å². The quantitative estimate of drug-likeness (QED) is 0.623. The van der Waals surface area contributed by atoms with Crippen LogP contribution in [0.15, 0.2) is 51.9 Å². The molecule has 0 amide bonds. The first-order valence-electron chi connectivity index (χ1n) is 6.82. The summed E-state index contributed by atoms with van der Waals surface area (Å²) in [4.78, 5) is 21.8. The molecule has 0 aliphatic carbocycles. The molecule has 0 saturated heterocycles. The van der Waals surface area contributed by atoms with E-state index in [1.54, 1.807) is 0 Å². The average molecular weight is 348 g/mol. The van der Waals surface area contributed by atoms with Crippen LogP contribution < -0.4 is 9.95 Å². The van der Waals surface area contributed by atoms with Crippen LogP contribution in [-0.2, 0) is 4.57 Å². The Morgan fingerprint density at radius 1 is 1.12 bits per heavy atom. The molecule has 0 aliphatic rings. The number of phenols is 2. The third-order valence-electron chi connectivity index (χ3n) is 3.28. The largest absolute Gasteiger partial charge is 0.508 e. The standard InChI is InChI=1S/C16H13O7P/c1-24(20,21)23-11-4-2-9(3-5-11)12-8-22-14-7-10(17)6-13(18)15(14)16(12)19/h2-8,17-18H,1H3,(H,20,21). The summed E-state index contributed by atoms with van der Waals surface area (Å²) in [5, 5.41) is 19.3. The maximum Gasteiger partial charge on any atom is 0.373 e. The van der Waals surface area contributed by atoms with Gasteiger partial charge >= 0.3 is 7.60 Å². The van der Waals surface area contributed by atoms with Crippen LogP contribution in [0.2, 0.25) is 0 Å². The lowest BCUT2D eigenvalue weighted by Crippen LogP contribution is -2.05. The topological polar surface area (TPSA) is 117 Å². The van der Waals surface area contributed by atoms with Gasteiger partial charge < -0.3 is 24.0 Å². The van der Waals surface area contributed by atoms with E-state index in [1.807, 2.05) is 0 Å². The minimum absolute atomic E-state index is 0.0426.